The molecule has 9 heavy (non-hydrogen) atoms. The third-order valence-electron chi connectivity index (χ3n) is 1.73. The van der Waals surface area contributed by atoms with Crippen LogP contribution >= 0.6 is 0 Å². The van der Waals surface area contributed by atoms with Gasteiger partial charge in [-0.3, -0.25) is 0 Å². The van der Waals surface area contributed by atoms with Crippen molar-refractivity contribution in [2.24, 2.45) is 5.92 Å². The van der Waals surface area contributed by atoms with Crippen LogP contribution in [0.3, 0.4) is 0 Å². The fraction of sp³-hybridized carbons (Fsp3) is 0.333. The monoisotopic (exact) mass is 120 g/mol. The molecule has 0 heterocycles. The highest BCUT2D eigenvalue weighted by atomic mass is 14.1. The first-order chi connectivity index (χ1) is 4.34. The van der Waals surface area contributed by atoms with Gasteiger partial charge in [-0.1, -0.05) is 36.0 Å². The maximum atomic E-state index is 2.20. The topological polar surface area (TPSA) is 0 Å². The van der Waals surface area contributed by atoms with Crippen molar-refractivity contribution in [1.82, 2.24) is 0 Å². The van der Waals surface area contributed by atoms with Crippen LogP contribution in [0.15, 0.2) is 36.0 Å². The molecule has 0 unspecified atom stereocenters. The van der Waals surface area contributed by atoms with Gasteiger partial charge < -0.3 is 0 Å². The minimum absolute atomic E-state index is 0.579. The highest BCUT2D eigenvalue weighted by Crippen LogP contribution is 2.17. The lowest BCUT2D eigenvalue weighted by Gasteiger charge is -2.02. The molecular formula is C9H12. The van der Waals surface area contributed by atoms with E-state index in [1.54, 1.807) is 0 Å². The Morgan fingerprint density at radius 2 is 1.89 bits per heavy atom. The second-order valence-electron chi connectivity index (χ2n) is 2.33. The van der Waals surface area contributed by atoms with E-state index in [4.69, 9.17) is 0 Å². The van der Waals surface area contributed by atoms with E-state index >= 15 is 0 Å². The summed E-state index contributed by atoms with van der Waals surface area (Å²) < 4.78 is 0. The van der Waals surface area contributed by atoms with Gasteiger partial charge in [0.05, 0.1) is 0 Å². The molecule has 1 rings (SSSR count). The largest absolute Gasteiger partial charge is 0.0878 e. The molecule has 0 fully saturated rings. The van der Waals surface area contributed by atoms with Crippen LogP contribution in [0, 0.1) is 5.92 Å². The van der Waals surface area contributed by atoms with Crippen molar-refractivity contribution < 1.29 is 0 Å². The smallest absolute Gasteiger partial charge is 0.0160 e. The lowest BCUT2D eigenvalue weighted by atomic mass is 10.0. The van der Waals surface area contributed by atoms with Crippen molar-refractivity contribution in [2.75, 3.05) is 0 Å². The van der Waals surface area contributed by atoms with Crippen LogP contribution in [-0.4, -0.2) is 0 Å². The molecule has 0 nitrogen and oxygen atoms in total. The minimum Gasteiger partial charge on any atom is -0.0878 e. The van der Waals surface area contributed by atoms with Gasteiger partial charge >= 0.3 is 0 Å². The number of hydrogen-bond donors (Lipinski definition) is 0. The van der Waals surface area contributed by atoms with Crippen LogP contribution in [-0.2, 0) is 0 Å². The van der Waals surface area contributed by atoms with E-state index in [1.807, 2.05) is 0 Å². The van der Waals surface area contributed by atoms with E-state index in [2.05, 4.69) is 44.2 Å². The Hall–Kier alpha value is -0.780. The van der Waals surface area contributed by atoms with Gasteiger partial charge in [0, 0.05) is 5.92 Å². The van der Waals surface area contributed by atoms with Gasteiger partial charge in [-0.25, -0.2) is 0 Å². The average Bonchev–Trinajstić information content (AvgIpc) is 2.37. The molecule has 0 aliphatic heterocycles. The van der Waals surface area contributed by atoms with E-state index < -0.39 is 0 Å². The molecule has 48 valence electrons. The Morgan fingerprint density at radius 1 is 1.33 bits per heavy atom. The lowest BCUT2D eigenvalue weighted by Crippen LogP contribution is -1.88. The fourth-order valence-electron chi connectivity index (χ4n) is 0.928. The van der Waals surface area contributed by atoms with Gasteiger partial charge in [0.15, 0.2) is 0 Å². The highest BCUT2D eigenvalue weighted by molar-refractivity contribution is 5.27. The summed E-state index contributed by atoms with van der Waals surface area (Å²) in [5.41, 5.74) is 1.43. The average molecular weight is 120 g/mol. The summed E-state index contributed by atoms with van der Waals surface area (Å²) in [4.78, 5) is 0. The summed E-state index contributed by atoms with van der Waals surface area (Å²) in [5.74, 6) is 0.579. The maximum absolute atomic E-state index is 2.20. The first-order valence-electron chi connectivity index (χ1n) is 3.32. The van der Waals surface area contributed by atoms with Crippen molar-refractivity contribution in [3.63, 3.8) is 0 Å². The first kappa shape index (κ1) is 6.34. The van der Waals surface area contributed by atoms with Crippen LogP contribution in [0.5, 0.6) is 0 Å². The molecule has 0 atom stereocenters. The second kappa shape index (κ2) is 2.67. The zero-order valence-corrected chi connectivity index (χ0v) is 5.96. The third-order valence-corrected chi connectivity index (χ3v) is 1.73. The molecular weight excluding hydrogens is 108 g/mol. The van der Waals surface area contributed by atoms with Crippen molar-refractivity contribution in [1.29, 1.82) is 0 Å². The molecule has 0 spiro atoms. The number of allylic oxidation sites excluding steroid dienone is 6. The van der Waals surface area contributed by atoms with Gasteiger partial charge in [0.25, 0.3) is 0 Å². The Balaban J connectivity index is 2.64. The van der Waals surface area contributed by atoms with Gasteiger partial charge in [-0.05, 0) is 13.8 Å². The van der Waals surface area contributed by atoms with E-state index in [9.17, 15) is 0 Å². The van der Waals surface area contributed by atoms with E-state index in [-0.39, 0.29) is 0 Å². The van der Waals surface area contributed by atoms with Crippen molar-refractivity contribution in [3.05, 3.63) is 36.0 Å². The summed E-state index contributed by atoms with van der Waals surface area (Å²) in [6, 6.07) is 0. The second-order valence-corrected chi connectivity index (χ2v) is 2.33. The zero-order chi connectivity index (χ0) is 6.69. The molecule has 0 bridgehead atoms. The van der Waals surface area contributed by atoms with Gasteiger partial charge in [-0.2, -0.15) is 0 Å². The molecule has 0 heteroatoms. The zero-order valence-electron chi connectivity index (χ0n) is 5.96. The third kappa shape index (κ3) is 1.32. The Bertz CT molecular complexity index is 158. The molecule has 0 aromatic rings. The molecule has 0 amide bonds. The van der Waals surface area contributed by atoms with Crippen molar-refractivity contribution in [3.8, 4) is 0 Å². The molecule has 0 saturated carbocycles. The Morgan fingerprint density at radius 3 is 2.33 bits per heavy atom. The molecule has 0 saturated heterocycles. The quantitative estimate of drug-likeness (QED) is 0.467. The molecule has 0 radical (unpaired) electrons. The molecule has 1 aliphatic carbocycles. The predicted molar refractivity (Wildman–Crippen MR) is 41.2 cm³/mol. The summed E-state index contributed by atoms with van der Waals surface area (Å²) >= 11 is 0. The van der Waals surface area contributed by atoms with Crippen LogP contribution in [0.1, 0.15) is 13.8 Å². The van der Waals surface area contributed by atoms with Gasteiger partial charge in [-0.15, -0.1) is 0 Å². The minimum atomic E-state index is 0.579. The van der Waals surface area contributed by atoms with Gasteiger partial charge in [0.1, 0.15) is 0 Å². The number of hydrogen-bond acceptors (Lipinski definition) is 0. The van der Waals surface area contributed by atoms with Crippen LogP contribution in [0.2, 0.25) is 0 Å². The summed E-state index contributed by atoms with van der Waals surface area (Å²) in [7, 11) is 0. The highest BCUT2D eigenvalue weighted by Gasteiger charge is 2.02. The summed E-state index contributed by atoms with van der Waals surface area (Å²) in [6.45, 7) is 4.24. The first-order valence-corrected chi connectivity index (χ1v) is 3.32. The van der Waals surface area contributed by atoms with Crippen molar-refractivity contribution >= 4 is 0 Å². The van der Waals surface area contributed by atoms with E-state index in [0.29, 0.717) is 5.92 Å². The Labute approximate surface area is 56.6 Å². The van der Waals surface area contributed by atoms with E-state index in [0.717, 1.165) is 0 Å². The standard InChI is InChI=1S/C9H12/c1-3-8(2)9-6-4-5-7-9/h3-7,9H,1-2H3/b8-3-. The van der Waals surface area contributed by atoms with Crippen molar-refractivity contribution in [2.45, 2.75) is 13.8 Å². The summed E-state index contributed by atoms with van der Waals surface area (Å²) in [5, 5.41) is 0. The number of rotatable bonds is 1. The fourth-order valence-corrected chi connectivity index (χ4v) is 0.928. The lowest BCUT2D eigenvalue weighted by molar-refractivity contribution is 0.979. The SMILES string of the molecule is C/C=C(/C)C1C=CC=C1. The molecule has 0 N–H and O–H groups in total. The van der Waals surface area contributed by atoms with Crippen LogP contribution in [0.4, 0.5) is 0 Å². The predicted octanol–water partition coefficient (Wildman–Crippen LogP) is 2.69. The normalized spacial score (nSPS) is 19.6. The summed E-state index contributed by atoms with van der Waals surface area (Å²) in [6.07, 6.45) is 10.8. The molecule has 0 aromatic carbocycles. The molecule has 0 aromatic heterocycles. The van der Waals surface area contributed by atoms with Crippen LogP contribution < -0.4 is 0 Å². The maximum Gasteiger partial charge on any atom is 0.0160 e. The van der Waals surface area contributed by atoms with E-state index in [1.165, 1.54) is 5.57 Å². The van der Waals surface area contributed by atoms with Gasteiger partial charge in [0.2, 0.25) is 0 Å². The van der Waals surface area contributed by atoms with Crippen LogP contribution in [0.25, 0.3) is 0 Å². The Kier molecular flexibility index (Phi) is 1.88. The molecule has 1 aliphatic rings.